The minimum atomic E-state index is -3.74. The van der Waals surface area contributed by atoms with Crippen LogP contribution in [-0.4, -0.2) is 43.6 Å². The fraction of sp³-hybridized carbons (Fsp3) is 0.294. The zero-order valence-corrected chi connectivity index (χ0v) is 14.9. The van der Waals surface area contributed by atoms with Crippen LogP contribution in [0.15, 0.2) is 48.8 Å². The molecule has 0 unspecified atom stereocenters. The molecule has 0 saturated heterocycles. The van der Waals surface area contributed by atoms with Crippen molar-refractivity contribution < 1.29 is 17.6 Å². The van der Waals surface area contributed by atoms with E-state index in [4.69, 9.17) is 0 Å². The molecule has 0 radical (unpaired) electrons. The van der Waals surface area contributed by atoms with Crippen molar-refractivity contribution in [2.75, 3.05) is 23.7 Å². The molecule has 6 nitrogen and oxygen atoms in total. The molecule has 0 spiro atoms. The molecule has 0 aliphatic rings. The lowest BCUT2D eigenvalue weighted by atomic mass is 10.2. The number of benzene rings is 1. The Bertz CT molecular complexity index is 828. The van der Waals surface area contributed by atoms with Gasteiger partial charge in [-0.25, -0.2) is 12.8 Å². The summed E-state index contributed by atoms with van der Waals surface area (Å²) >= 11 is 0. The van der Waals surface area contributed by atoms with Gasteiger partial charge in [0.2, 0.25) is 15.9 Å². The highest BCUT2D eigenvalue weighted by atomic mass is 32.2. The Morgan fingerprint density at radius 1 is 1.20 bits per heavy atom. The summed E-state index contributed by atoms with van der Waals surface area (Å²) in [6.07, 6.45) is 4.25. The third-order valence-electron chi connectivity index (χ3n) is 3.63. The maximum Gasteiger partial charge on any atom is 0.243 e. The van der Waals surface area contributed by atoms with Crippen molar-refractivity contribution in [3.63, 3.8) is 0 Å². The van der Waals surface area contributed by atoms with Crippen molar-refractivity contribution in [1.82, 2.24) is 9.88 Å². The molecule has 2 aromatic rings. The summed E-state index contributed by atoms with van der Waals surface area (Å²) in [4.78, 5) is 18.1. The number of carbonyl (C=O) groups is 1. The van der Waals surface area contributed by atoms with E-state index in [0.29, 0.717) is 13.1 Å². The minimum absolute atomic E-state index is 0.121. The van der Waals surface area contributed by atoms with Gasteiger partial charge in [-0.2, -0.15) is 0 Å². The van der Waals surface area contributed by atoms with Crippen LogP contribution in [0.5, 0.6) is 0 Å². The van der Waals surface area contributed by atoms with E-state index in [9.17, 15) is 17.6 Å². The Labute approximate surface area is 147 Å². The van der Waals surface area contributed by atoms with Gasteiger partial charge in [0.05, 0.1) is 11.9 Å². The highest BCUT2D eigenvalue weighted by Crippen LogP contribution is 2.19. The molecule has 1 aromatic carbocycles. The molecule has 0 aliphatic carbocycles. The van der Waals surface area contributed by atoms with Crippen LogP contribution in [0.1, 0.15) is 12.5 Å². The first-order valence-corrected chi connectivity index (χ1v) is 9.56. The fourth-order valence-electron chi connectivity index (χ4n) is 2.34. The highest BCUT2D eigenvalue weighted by molar-refractivity contribution is 7.92. The molecule has 25 heavy (non-hydrogen) atoms. The maximum atomic E-state index is 13.4. The first-order chi connectivity index (χ1) is 11.8. The van der Waals surface area contributed by atoms with Gasteiger partial charge >= 0.3 is 0 Å². The second-order valence-corrected chi connectivity index (χ2v) is 7.42. The molecule has 0 aliphatic heterocycles. The van der Waals surface area contributed by atoms with Gasteiger partial charge in [0, 0.05) is 25.5 Å². The smallest absolute Gasteiger partial charge is 0.243 e. The number of hydrogen-bond donors (Lipinski definition) is 0. The van der Waals surface area contributed by atoms with E-state index in [1.54, 1.807) is 24.5 Å². The standard InChI is InChI=1S/C17H20FN3O3S/c1-3-20(12-14-7-9-19-10-8-14)17(22)13-21(25(2,23)24)16-6-4-5-15(18)11-16/h4-11H,3,12-13H2,1-2H3. The average Bonchev–Trinajstić information content (AvgIpc) is 2.57. The molecular formula is C17H20FN3O3S. The van der Waals surface area contributed by atoms with Crippen LogP contribution in [0.4, 0.5) is 10.1 Å². The van der Waals surface area contributed by atoms with Crippen molar-refractivity contribution in [2.45, 2.75) is 13.5 Å². The Hall–Kier alpha value is -2.48. The number of nitrogens with zero attached hydrogens (tertiary/aromatic N) is 3. The van der Waals surface area contributed by atoms with Crippen LogP contribution in [0.2, 0.25) is 0 Å². The molecule has 1 heterocycles. The van der Waals surface area contributed by atoms with Gasteiger partial charge in [0.15, 0.2) is 0 Å². The zero-order valence-electron chi connectivity index (χ0n) is 14.1. The number of amides is 1. The predicted molar refractivity (Wildman–Crippen MR) is 93.9 cm³/mol. The molecule has 1 amide bonds. The zero-order chi connectivity index (χ0) is 18.4. The van der Waals surface area contributed by atoms with Gasteiger partial charge in [-0.1, -0.05) is 6.07 Å². The lowest BCUT2D eigenvalue weighted by molar-refractivity contribution is -0.129. The van der Waals surface area contributed by atoms with E-state index >= 15 is 0 Å². The molecule has 134 valence electrons. The SMILES string of the molecule is CCN(Cc1ccncc1)C(=O)CN(c1cccc(F)c1)S(C)(=O)=O. The quantitative estimate of drug-likeness (QED) is 0.753. The number of pyridine rings is 1. The van der Waals surface area contributed by atoms with E-state index in [-0.39, 0.29) is 18.1 Å². The predicted octanol–water partition coefficient (Wildman–Crippen LogP) is 2.04. The highest BCUT2D eigenvalue weighted by Gasteiger charge is 2.24. The van der Waals surface area contributed by atoms with Crippen LogP contribution in [-0.2, 0) is 21.4 Å². The fourth-order valence-corrected chi connectivity index (χ4v) is 3.18. The minimum Gasteiger partial charge on any atom is -0.337 e. The number of halogens is 1. The van der Waals surface area contributed by atoms with Gasteiger partial charge in [-0.15, -0.1) is 0 Å². The summed E-state index contributed by atoms with van der Waals surface area (Å²) in [5.74, 6) is -0.934. The van der Waals surface area contributed by atoms with Crippen LogP contribution in [0.25, 0.3) is 0 Å². The molecule has 8 heteroatoms. The van der Waals surface area contributed by atoms with Crippen LogP contribution in [0.3, 0.4) is 0 Å². The van der Waals surface area contributed by atoms with E-state index in [1.165, 1.54) is 23.1 Å². The van der Waals surface area contributed by atoms with E-state index in [1.807, 2.05) is 6.92 Å². The van der Waals surface area contributed by atoms with Gasteiger partial charge < -0.3 is 4.90 Å². The normalized spacial score (nSPS) is 11.2. The van der Waals surface area contributed by atoms with Gasteiger partial charge in [-0.3, -0.25) is 14.1 Å². The first-order valence-electron chi connectivity index (χ1n) is 7.71. The second kappa shape index (κ2) is 8.06. The van der Waals surface area contributed by atoms with Crippen LogP contribution < -0.4 is 4.31 Å². The van der Waals surface area contributed by atoms with Gasteiger partial charge in [-0.05, 0) is 42.8 Å². The summed E-state index contributed by atoms with van der Waals surface area (Å²) in [6.45, 7) is 2.19. The summed E-state index contributed by atoms with van der Waals surface area (Å²) in [5.41, 5.74) is 1.01. The Morgan fingerprint density at radius 3 is 2.44 bits per heavy atom. The molecule has 1 aromatic heterocycles. The molecular weight excluding hydrogens is 345 g/mol. The summed E-state index contributed by atoms with van der Waals surface area (Å²) in [5, 5.41) is 0. The Morgan fingerprint density at radius 2 is 1.88 bits per heavy atom. The number of sulfonamides is 1. The topological polar surface area (TPSA) is 70.6 Å². The Kier molecular flexibility index (Phi) is 6.08. The number of carbonyl (C=O) groups excluding carboxylic acids is 1. The lowest BCUT2D eigenvalue weighted by Crippen LogP contribution is -2.42. The molecule has 2 rings (SSSR count). The van der Waals surface area contributed by atoms with Crippen molar-refractivity contribution in [1.29, 1.82) is 0 Å². The van der Waals surface area contributed by atoms with Crippen molar-refractivity contribution in [2.24, 2.45) is 0 Å². The first kappa shape index (κ1) is 18.9. The maximum absolute atomic E-state index is 13.4. The molecule has 0 atom stereocenters. The molecule has 0 N–H and O–H groups in total. The van der Waals surface area contributed by atoms with Crippen LogP contribution in [0, 0.1) is 5.82 Å². The van der Waals surface area contributed by atoms with Gasteiger partial charge in [0.1, 0.15) is 12.4 Å². The average molecular weight is 365 g/mol. The second-order valence-electron chi connectivity index (χ2n) is 5.51. The summed E-state index contributed by atoms with van der Waals surface area (Å²) in [6, 6.07) is 8.74. The number of aromatic nitrogens is 1. The summed E-state index contributed by atoms with van der Waals surface area (Å²) < 4.78 is 38.5. The molecule has 0 bridgehead atoms. The van der Waals surface area contributed by atoms with E-state index < -0.39 is 15.8 Å². The number of hydrogen-bond acceptors (Lipinski definition) is 4. The van der Waals surface area contributed by atoms with Crippen molar-refractivity contribution in [3.05, 3.63) is 60.2 Å². The number of likely N-dealkylation sites (N-methyl/N-ethyl adjacent to an activating group) is 1. The van der Waals surface area contributed by atoms with Gasteiger partial charge in [0.25, 0.3) is 0 Å². The summed E-state index contributed by atoms with van der Waals surface area (Å²) in [7, 11) is -3.74. The molecule has 0 saturated carbocycles. The van der Waals surface area contributed by atoms with Crippen molar-refractivity contribution in [3.8, 4) is 0 Å². The van der Waals surface area contributed by atoms with Crippen molar-refractivity contribution >= 4 is 21.6 Å². The Balaban J connectivity index is 2.21. The van der Waals surface area contributed by atoms with Crippen LogP contribution >= 0.6 is 0 Å². The monoisotopic (exact) mass is 365 g/mol. The lowest BCUT2D eigenvalue weighted by Gasteiger charge is -2.27. The largest absolute Gasteiger partial charge is 0.337 e. The molecule has 0 fully saturated rings. The number of rotatable bonds is 7. The van der Waals surface area contributed by atoms with E-state index in [2.05, 4.69) is 4.98 Å². The number of anilines is 1. The van der Waals surface area contributed by atoms with E-state index in [0.717, 1.165) is 22.2 Å². The third kappa shape index (κ3) is 5.25. The third-order valence-corrected chi connectivity index (χ3v) is 4.77.